The molecule has 0 aromatic carbocycles. The first-order valence-corrected chi connectivity index (χ1v) is 5.72. The average Bonchev–Trinajstić information content (AvgIpc) is 2.55. The van der Waals surface area contributed by atoms with Crippen LogP contribution in [0, 0.1) is 16.7 Å². The van der Waals surface area contributed by atoms with E-state index in [9.17, 15) is 4.79 Å². The number of amides is 1. The standard InChI is InChI=1S/C12H18N2O2/c1-11(2,3)16-10(15)14-8-12(4-5-13)6-9(14)7-12/h9H,4,6-8H2,1-3H3. The summed E-state index contributed by atoms with van der Waals surface area (Å²) in [6.45, 7) is 6.31. The number of fused-ring (bicyclic) bond motifs is 1. The Morgan fingerprint density at radius 1 is 1.56 bits per heavy atom. The molecule has 88 valence electrons. The molecule has 0 aromatic heterocycles. The number of hydrogen-bond donors (Lipinski definition) is 0. The Morgan fingerprint density at radius 2 is 2.19 bits per heavy atom. The number of carbonyl (C=O) groups excluding carboxylic acids is 1. The second kappa shape index (κ2) is 3.38. The Bertz CT molecular complexity index is 345. The van der Waals surface area contributed by atoms with Gasteiger partial charge in [-0.1, -0.05) is 0 Å². The van der Waals surface area contributed by atoms with Crippen LogP contribution in [0.3, 0.4) is 0 Å². The molecule has 1 saturated carbocycles. The molecule has 2 heterocycles. The van der Waals surface area contributed by atoms with E-state index in [4.69, 9.17) is 10.00 Å². The lowest BCUT2D eigenvalue weighted by Crippen LogP contribution is -2.39. The van der Waals surface area contributed by atoms with Crippen molar-refractivity contribution in [2.24, 2.45) is 5.41 Å². The zero-order valence-electron chi connectivity index (χ0n) is 10.1. The first kappa shape index (κ1) is 11.3. The average molecular weight is 222 g/mol. The first-order chi connectivity index (χ1) is 7.35. The monoisotopic (exact) mass is 222 g/mol. The van der Waals surface area contributed by atoms with Crippen LogP contribution in [0.4, 0.5) is 4.79 Å². The van der Waals surface area contributed by atoms with E-state index in [1.54, 1.807) is 4.90 Å². The lowest BCUT2D eigenvalue weighted by atomic mass is 9.68. The number of hydrogen-bond acceptors (Lipinski definition) is 3. The molecule has 1 amide bonds. The Kier molecular flexibility index (Phi) is 2.37. The summed E-state index contributed by atoms with van der Waals surface area (Å²) >= 11 is 0. The predicted molar refractivity (Wildman–Crippen MR) is 58.6 cm³/mol. The van der Waals surface area contributed by atoms with Gasteiger partial charge in [0.05, 0.1) is 6.07 Å². The predicted octanol–water partition coefficient (Wildman–Crippen LogP) is 2.30. The number of ether oxygens (including phenoxy) is 1. The third-order valence-electron chi connectivity index (χ3n) is 3.37. The van der Waals surface area contributed by atoms with Crippen LogP contribution in [0.5, 0.6) is 0 Å². The molecular formula is C12H18N2O2. The maximum absolute atomic E-state index is 11.9. The summed E-state index contributed by atoms with van der Waals surface area (Å²) in [5, 5.41) is 8.74. The van der Waals surface area contributed by atoms with Gasteiger partial charge in [-0.05, 0) is 33.6 Å². The van der Waals surface area contributed by atoms with Crippen LogP contribution < -0.4 is 0 Å². The van der Waals surface area contributed by atoms with Gasteiger partial charge >= 0.3 is 6.09 Å². The molecule has 0 radical (unpaired) electrons. The fourth-order valence-corrected chi connectivity index (χ4v) is 2.68. The van der Waals surface area contributed by atoms with Crippen LogP contribution >= 0.6 is 0 Å². The third kappa shape index (κ3) is 1.87. The third-order valence-corrected chi connectivity index (χ3v) is 3.37. The highest BCUT2D eigenvalue weighted by Crippen LogP contribution is 2.54. The fraction of sp³-hybridized carbons (Fsp3) is 0.833. The van der Waals surface area contributed by atoms with E-state index in [1.807, 2.05) is 20.8 Å². The number of carbonyl (C=O) groups is 1. The summed E-state index contributed by atoms with van der Waals surface area (Å²) in [5.41, 5.74) is -0.358. The molecular weight excluding hydrogens is 204 g/mol. The molecule has 4 nitrogen and oxygen atoms in total. The zero-order valence-corrected chi connectivity index (χ0v) is 10.1. The Balaban J connectivity index is 1.95. The molecule has 0 unspecified atom stereocenters. The van der Waals surface area contributed by atoms with Gasteiger partial charge < -0.3 is 9.64 Å². The minimum absolute atomic E-state index is 0.0797. The van der Waals surface area contributed by atoms with Crippen LogP contribution in [0.15, 0.2) is 0 Å². The number of rotatable bonds is 1. The van der Waals surface area contributed by atoms with Crippen molar-refractivity contribution in [1.29, 1.82) is 5.26 Å². The SMILES string of the molecule is CC(C)(C)OC(=O)N1CC2(CC#N)CC1C2. The highest BCUT2D eigenvalue weighted by Gasteiger charge is 2.57. The topological polar surface area (TPSA) is 53.3 Å². The van der Waals surface area contributed by atoms with Crippen molar-refractivity contribution in [2.75, 3.05) is 6.54 Å². The highest BCUT2D eigenvalue weighted by atomic mass is 16.6. The second-order valence-corrected chi connectivity index (χ2v) is 6.01. The molecule has 16 heavy (non-hydrogen) atoms. The van der Waals surface area contributed by atoms with Gasteiger partial charge in [0.1, 0.15) is 5.60 Å². The van der Waals surface area contributed by atoms with Gasteiger partial charge in [-0.25, -0.2) is 4.79 Å². The van der Waals surface area contributed by atoms with Crippen molar-refractivity contribution in [3.63, 3.8) is 0 Å². The van der Waals surface area contributed by atoms with Crippen LogP contribution in [0.25, 0.3) is 0 Å². The Morgan fingerprint density at radius 3 is 2.69 bits per heavy atom. The highest BCUT2D eigenvalue weighted by molar-refractivity contribution is 5.70. The summed E-state index contributed by atoms with van der Waals surface area (Å²) in [5.74, 6) is 0. The lowest BCUT2D eigenvalue weighted by Gasteiger charge is -2.34. The van der Waals surface area contributed by atoms with Gasteiger partial charge in [0.15, 0.2) is 0 Å². The van der Waals surface area contributed by atoms with Gasteiger partial charge in [-0.2, -0.15) is 5.26 Å². The summed E-state index contributed by atoms with van der Waals surface area (Å²) in [6.07, 6.45) is 2.28. The second-order valence-electron chi connectivity index (χ2n) is 6.01. The molecule has 0 N–H and O–H groups in total. The van der Waals surface area contributed by atoms with Crippen LogP contribution in [-0.4, -0.2) is 29.2 Å². The summed E-state index contributed by atoms with van der Waals surface area (Å²) < 4.78 is 5.35. The van der Waals surface area contributed by atoms with E-state index in [-0.39, 0.29) is 11.5 Å². The first-order valence-electron chi connectivity index (χ1n) is 5.72. The van der Waals surface area contributed by atoms with E-state index < -0.39 is 5.60 Å². The molecule has 0 spiro atoms. The van der Waals surface area contributed by atoms with Crippen LogP contribution in [-0.2, 0) is 4.74 Å². The molecule has 3 aliphatic rings. The largest absolute Gasteiger partial charge is 0.444 e. The molecule has 2 saturated heterocycles. The minimum atomic E-state index is -0.438. The smallest absolute Gasteiger partial charge is 0.410 e. The summed E-state index contributed by atoms with van der Waals surface area (Å²) in [4.78, 5) is 13.7. The molecule has 0 atom stereocenters. The van der Waals surface area contributed by atoms with Crippen molar-refractivity contribution in [2.45, 2.75) is 51.7 Å². The number of nitrogens with zero attached hydrogens (tertiary/aromatic N) is 2. The fourth-order valence-electron chi connectivity index (χ4n) is 2.68. The molecule has 4 heteroatoms. The quantitative estimate of drug-likeness (QED) is 0.684. The van der Waals surface area contributed by atoms with Crippen LogP contribution in [0.1, 0.15) is 40.0 Å². The maximum Gasteiger partial charge on any atom is 0.410 e. The van der Waals surface area contributed by atoms with Crippen LogP contribution in [0.2, 0.25) is 0 Å². The van der Waals surface area contributed by atoms with Crippen molar-refractivity contribution >= 4 is 6.09 Å². The summed E-state index contributed by atoms with van der Waals surface area (Å²) in [6, 6.07) is 2.53. The molecule has 1 aliphatic carbocycles. The van der Waals surface area contributed by atoms with E-state index in [2.05, 4.69) is 6.07 Å². The molecule has 3 fully saturated rings. The van der Waals surface area contributed by atoms with Gasteiger partial charge in [0.2, 0.25) is 0 Å². The Labute approximate surface area is 96.2 Å². The Hall–Kier alpha value is -1.24. The maximum atomic E-state index is 11.9. The van der Waals surface area contributed by atoms with Gasteiger partial charge in [0.25, 0.3) is 0 Å². The van der Waals surface area contributed by atoms with Crippen molar-refractivity contribution < 1.29 is 9.53 Å². The normalized spacial score (nSPS) is 31.9. The molecule has 3 rings (SSSR count). The van der Waals surface area contributed by atoms with E-state index >= 15 is 0 Å². The van der Waals surface area contributed by atoms with E-state index in [0.717, 1.165) is 12.8 Å². The lowest BCUT2D eigenvalue weighted by molar-refractivity contribution is 0.0244. The van der Waals surface area contributed by atoms with Crippen molar-refractivity contribution in [1.82, 2.24) is 4.90 Å². The molecule has 0 aromatic rings. The minimum Gasteiger partial charge on any atom is -0.444 e. The number of nitriles is 1. The summed E-state index contributed by atoms with van der Waals surface area (Å²) in [7, 11) is 0. The van der Waals surface area contributed by atoms with Gasteiger partial charge in [-0.3, -0.25) is 0 Å². The van der Waals surface area contributed by atoms with E-state index in [0.29, 0.717) is 19.0 Å². The van der Waals surface area contributed by atoms with Gasteiger partial charge in [0, 0.05) is 24.4 Å². The van der Waals surface area contributed by atoms with Crippen molar-refractivity contribution in [3.8, 4) is 6.07 Å². The van der Waals surface area contributed by atoms with Gasteiger partial charge in [-0.15, -0.1) is 0 Å². The van der Waals surface area contributed by atoms with E-state index in [1.165, 1.54) is 0 Å². The van der Waals surface area contributed by atoms with Crippen molar-refractivity contribution in [3.05, 3.63) is 0 Å². The molecule has 2 aliphatic heterocycles. The zero-order chi connectivity index (χ0) is 12.0. The molecule has 2 bridgehead atoms.